The molecule has 1 N–H and O–H groups in total. The van der Waals surface area contributed by atoms with Crippen LogP contribution >= 0.6 is 0 Å². The number of hydrogen-bond donors (Lipinski definition) is 1. The van der Waals surface area contributed by atoms with E-state index in [1.54, 1.807) is 6.20 Å². The predicted molar refractivity (Wildman–Crippen MR) is 110 cm³/mol. The number of piperidine rings is 2. The molecule has 2 aliphatic rings. The fourth-order valence-electron chi connectivity index (χ4n) is 4.69. The van der Waals surface area contributed by atoms with E-state index in [0.717, 1.165) is 30.4 Å². The van der Waals surface area contributed by atoms with Crippen molar-refractivity contribution in [2.24, 2.45) is 0 Å². The summed E-state index contributed by atoms with van der Waals surface area (Å²) in [7, 11) is 0. The van der Waals surface area contributed by atoms with E-state index in [-0.39, 0.29) is 30.3 Å². The third kappa shape index (κ3) is 4.04. The van der Waals surface area contributed by atoms with Crippen molar-refractivity contribution in [1.82, 2.24) is 14.7 Å². The Balaban J connectivity index is 1.48. The van der Waals surface area contributed by atoms with E-state index in [0.29, 0.717) is 12.8 Å². The molecule has 0 spiro atoms. The van der Waals surface area contributed by atoms with Crippen molar-refractivity contribution < 1.29 is 14.6 Å². The number of fused-ring (bicyclic) bond motifs is 2. The van der Waals surface area contributed by atoms with Crippen LogP contribution in [0.3, 0.4) is 0 Å². The molecule has 2 atom stereocenters. The van der Waals surface area contributed by atoms with Crippen molar-refractivity contribution >= 4 is 6.09 Å². The molecule has 0 aliphatic carbocycles. The van der Waals surface area contributed by atoms with Crippen LogP contribution in [0.5, 0.6) is 0 Å². The lowest BCUT2D eigenvalue weighted by Gasteiger charge is -2.51. The van der Waals surface area contributed by atoms with Gasteiger partial charge in [-0.15, -0.1) is 0 Å². The van der Waals surface area contributed by atoms with E-state index in [4.69, 9.17) is 4.74 Å². The van der Waals surface area contributed by atoms with E-state index in [1.807, 2.05) is 46.1 Å². The minimum absolute atomic E-state index is 0.00578. The number of nitrogens with zero attached hydrogens (tertiary/aromatic N) is 3. The highest BCUT2D eigenvalue weighted by atomic mass is 16.6. The quantitative estimate of drug-likeness (QED) is 0.844. The van der Waals surface area contributed by atoms with E-state index < -0.39 is 5.60 Å². The van der Waals surface area contributed by atoms with Gasteiger partial charge in [0.25, 0.3) is 0 Å². The van der Waals surface area contributed by atoms with Gasteiger partial charge in [0.1, 0.15) is 6.61 Å². The molecule has 6 heteroatoms. The minimum atomic E-state index is -0.949. The lowest BCUT2D eigenvalue weighted by Crippen LogP contribution is -2.58. The van der Waals surface area contributed by atoms with Crippen LogP contribution in [0.2, 0.25) is 0 Å². The molecule has 1 amide bonds. The number of amides is 1. The maximum absolute atomic E-state index is 12.9. The number of carbonyl (C=O) groups is 1. The largest absolute Gasteiger partial charge is 0.445 e. The average Bonchev–Trinajstić information content (AvgIpc) is 3.18. The molecule has 2 aromatic rings. The summed E-state index contributed by atoms with van der Waals surface area (Å²) >= 11 is 0. The van der Waals surface area contributed by atoms with Crippen molar-refractivity contribution in [3.8, 4) is 0 Å². The number of aliphatic hydroxyl groups is 1. The number of ether oxygens (including phenoxy) is 1. The Hall–Kier alpha value is -2.34. The Morgan fingerprint density at radius 2 is 1.86 bits per heavy atom. The topological polar surface area (TPSA) is 67.6 Å². The van der Waals surface area contributed by atoms with Crippen LogP contribution in [0, 0.1) is 0 Å². The molecule has 2 unspecified atom stereocenters. The molecule has 2 saturated heterocycles. The van der Waals surface area contributed by atoms with E-state index in [2.05, 4.69) is 25.9 Å². The van der Waals surface area contributed by atoms with Crippen LogP contribution in [0.4, 0.5) is 4.79 Å². The van der Waals surface area contributed by atoms with Crippen LogP contribution in [0.25, 0.3) is 0 Å². The average molecular weight is 398 g/mol. The second-order valence-electron chi connectivity index (χ2n) is 9.47. The highest BCUT2D eigenvalue weighted by Crippen LogP contribution is 2.44. The fourth-order valence-corrected chi connectivity index (χ4v) is 4.69. The number of rotatable bonds is 3. The normalized spacial score (nSPS) is 27.0. The van der Waals surface area contributed by atoms with E-state index >= 15 is 0 Å². The minimum Gasteiger partial charge on any atom is -0.445 e. The van der Waals surface area contributed by atoms with Gasteiger partial charge in [0.05, 0.1) is 17.3 Å². The third-order valence-electron chi connectivity index (χ3n) is 6.23. The molecule has 2 bridgehead atoms. The lowest BCUT2D eigenvalue weighted by molar-refractivity contribution is -0.0897. The predicted octanol–water partition coefficient (Wildman–Crippen LogP) is 4.18. The first kappa shape index (κ1) is 20.0. The van der Waals surface area contributed by atoms with Gasteiger partial charge in [-0.25, -0.2) is 4.79 Å². The van der Waals surface area contributed by atoms with Gasteiger partial charge < -0.3 is 14.7 Å². The molecular weight excluding hydrogens is 366 g/mol. The zero-order chi connectivity index (χ0) is 20.6. The van der Waals surface area contributed by atoms with E-state index in [9.17, 15) is 9.90 Å². The van der Waals surface area contributed by atoms with E-state index in [1.165, 1.54) is 0 Å². The maximum atomic E-state index is 12.9. The highest BCUT2D eigenvalue weighted by molar-refractivity contribution is 5.69. The van der Waals surface area contributed by atoms with Crippen LogP contribution in [-0.4, -0.2) is 38.0 Å². The van der Waals surface area contributed by atoms with Gasteiger partial charge >= 0.3 is 6.09 Å². The molecule has 3 heterocycles. The summed E-state index contributed by atoms with van der Waals surface area (Å²) < 4.78 is 7.51. The van der Waals surface area contributed by atoms with Crippen molar-refractivity contribution in [3.05, 3.63) is 53.9 Å². The Kier molecular flexibility index (Phi) is 5.15. The number of aromatic nitrogens is 2. The second kappa shape index (κ2) is 7.48. The molecule has 156 valence electrons. The molecular formula is C23H31N3O3. The summed E-state index contributed by atoms with van der Waals surface area (Å²) in [6.45, 7) is 6.55. The van der Waals surface area contributed by atoms with Crippen molar-refractivity contribution in [2.75, 3.05) is 0 Å². The van der Waals surface area contributed by atoms with Gasteiger partial charge in [-0.05, 0) is 45.6 Å². The fraction of sp³-hybridized carbons (Fsp3) is 0.565. The molecule has 29 heavy (non-hydrogen) atoms. The highest BCUT2D eigenvalue weighted by Gasteiger charge is 2.49. The number of carbonyl (C=O) groups excluding carboxylic acids is 1. The van der Waals surface area contributed by atoms with Gasteiger partial charge in [-0.1, -0.05) is 30.3 Å². The SMILES string of the molecule is CC(C)(C)n1cc(C2(O)CC3CCCC(C2)N3C(=O)OCc2ccccc2)cn1. The van der Waals surface area contributed by atoms with Crippen LogP contribution in [0.15, 0.2) is 42.7 Å². The summed E-state index contributed by atoms with van der Waals surface area (Å²) in [6, 6.07) is 9.73. The summed E-state index contributed by atoms with van der Waals surface area (Å²) in [5.41, 5.74) is 0.748. The van der Waals surface area contributed by atoms with Gasteiger partial charge in [-0.3, -0.25) is 4.68 Å². The van der Waals surface area contributed by atoms with Gasteiger partial charge in [0, 0.05) is 36.7 Å². The molecule has 4 rings (SSSR count). The van der Waals surface area contributed by atoms with Crippen molar-refractivity contribution in [2.45, 2.75) is 82.7 Å². The number of benzene rings is 1. The summed E-state index contributed by atoms with van der Waals surface area (Å²) in [6.07, 6.45) is 7.40. The maximum Gasteiger partial charge on any atom is 0.410 e. The number of hydrogen-bond acceptors (Lipinski definition) is 4. The zero-order valence-corrected chi connectivity index (χ0v) is 17.5. The Morgan fingerprint density at radius 1 is 1.21 bits per heavy atom. The molecule has 1 aromatic carbocycles. The first-order chi connectivity index (χ1) is 13.8. The monoisotopic (exact) mass is 397 g/mol. The van der Waals surface area contributed by atoms with Crippen LogP contribution in [0.1, 0.15) is 64.0 Å². The Bertz CT molecular complexity index is 842. The van der Waals surface area contributed by atoms with Gasteiger partial charge in [0.15, 0.2) is 0 Å². The molecule has 1 aromatic heterocycles. The Morgan fingerprint density at radius 3 is 2.45 bits per heavy atom. The Labute approximate surface area is 172 Å². The van der Waals surface area contributed by atoms with Crippen molar-refractivity contribution in [1.29, 1.82) is 0 Å². The molecule has 2 fully saturated rings. The first-order valence-corrected chi connectivity index (χ1v) is 10.5. The lowest BCUT2D eigenvalue weighted by atomic mass is 9.73. The zero-order valence-electron chi connectivity index (χ0n) is 17.5. The smallest absolute Gasteiger partial charge is 0.410 e. The van der Waals surface area contributed by atoms with Gasteiger partial charge in [-0.2, -0.15) is 5.10 Å². The second-order valence-corrected chi connectivity index (χ2v) is 9.47. The standard InChI is InChI=1S/C23H31N3O3/c1-22(2,3)25-15-18(14-24-25)23(28)12-19-10-7-11-20(13-23)26(19)21(27)29-16-17-8-5-4-6-9-17/h4-6,8-9,14-15,19-20,28H,7,10-13,16H2,1-3H3. The van der Waals surface area contributed by atoms with Crippen LogP contribution < -0.4 is 0 Å². The first-order valence-electron chi connectivity index (χ1n) is 10.5. The van der Waals surface area contributed by atoms with Crippen LogP contribution in [-0.2, 0) is 22.5 Å². The summed E-state index contributed by atoms with van der Waals surface area (Å²) in [5, 5.41) is 16.0. The molecule has 6 nitrogen and oxygen atoms in total. The molecule has 2 aliphatic heterocycles. The molecule has 0 saturated carbocycles. The summed E-state index contributed by atoms with van der Waals surface area (Å²) in [5.74, 6) is 0. The van der Waals surface area contributed by atoms with Gasteiger partial charge in [0.2, 0.25) is 0 Å². The molecule has 0 radical (unpaired) electrons. The third-order valence-corrected chi connectivity index (χ3v) is 6.23. The summed E-state index contributed by atoms with van der Waals surface area (Å²) in [4.78, 5) is 14.8. The van der Waals surface area contributed by atoms with Crippen molar-refractivity contribution in [3.63, 3.8) is 0 Å².